The first kappa shape index (κ1) is 19.8. The van der Waals surface area contributed by atoms with Gasteiger partial charge < -0.3 is 0 Å². The van der Waals surface area contributed by atoms with Gasteiger partial charge in [-0.3, -0.25) is 4.31 Å². The molecule has 2 aromatic carbocycles. The predicted molar refractivity (Wildman–Crippen MR) is 98.5 cm³/mol. The summed E-state index contributed by atoms with van der Waals surface area (Å²) in [6.07, 6.45) is 0.285. The zero-order chi connectivity index (χ0) is 20.2. The van der Waals surface area contributed by atoms with Crippen LogP contribution in [-0.2, 0) is 36.5 Å². The van der Waals surface area contributed by atoms with Crippen LogP contribution in [0.5, 0.6) is 0 Å². The van der Waals surface area contributed by atoms with Crippen LogP contribution in [0.25, 0.3) is 0 Å². The van der Waals surface area contributed by atoms with Gasteiger partial charge >= 0.3 is 0 Å². The fraction of sp³-hybridized carbons (Fsp3) is 0.200. The second-order valence-electron chi connectivity index (χ2n) is 6.21. The van der Waals surface area contributed by atoms with E-state index < -0.39 is 36.1 Å². The summed E-state index contributed by atoms with van der Waals surface area (Å²) in [6.45, 7) is 1.66. The highest BCUT2D eigenvalue weighted by Gasteiger charge is 2.37. The molecule has 0 saturated heterocycles. The van der Waals surface area contributed by atoms with Gasteiger partial charge in [-0.15, -0.1) is 0 Å². The molecule has 0 amide bonds. The fourth-order valence-electron chi connectivity index (χ4n) is 3.05. The Balaban J connectivity index is 2.13. The number of sulfonamides is 3. The molecule has 0 fully saturated rings. The molecule has 4 N–H and O–H groups in total. The van der Waals surface area contributed by atoms with E-state index in [0.717, 1.165) is 10.4 Å². The number of hydrogen-bond acceptors (Lipinski definition) is 6. The van der Waals surface area contributed by atoms with Crippen LogP contribution in [-0.4, -0.2) is 31.3 Å². The number of nitrogens with zero attached hydrogens (tertiary/aromatic N) is 1. The Labute approximate surface area is 157 Å². The van der Waals surface area contributed by atoms with Gasteiger partial charge in [-0.05, 0) is 55.3 Å². The van der Waals surface area contributed by atoms with Gasteiger partial charge in [-0.25, -0.2) is 35.5 Å². The standard InChI is InChI=1S/C15H17N3O6S3/c1-10-7-11-8-13(26(17,21)22)5-6-15(11)18(10)27(23,24)14-4-2-3-12(9-14)25(16,19)20/h2-6,8-10H,7H2,1H3,(H2,16,19,20)(H2,17,21,22). The summed E-state index contributed by atoms with van der Waals surface area (Å²) in [5, 5.41) is 10.2. The minimum atomic E-state index is -4.10. The lowest BCUT2D eigenvalue weighted by atomic mass is 10.1. The minimum Gasteiger partial charge on any atom is -0.263 e. The summed E-state index contributed by atoms with van der Waals surface area (Å²) in [4.78, 5) is -0.659. The van der Waals surface area contributed by atoms with E-state index in [1.54, 1.807) is 6.92 Å². The van der Waals surface area contributed by atoms with E-state index in [4.69, 9.17) is 10.3 Å². The van der Waals surface area contributed by atoms with Gasteiger partial charge in [-0.1, -0.05) is 6.07 Å². The average molecular weight is 432 g/mol. The molecule has 0 aliphatic carbocycles. The molecule has 1 heterocycles. The number of fused-ring (bicyclic) bond motifs is 1. The lowest BCUT2D eigenvalue weighted by molar-refractivity contribution is 0.583. The molecule has 1 unspecified atom stereocenters. The molecule has 27 heavy (non-hydrogen) atoms. The quantitative estimate of drug-likeness (QED) is 0.700. The van der Waals surface area contributed by atoms with Crippen LogP contribution in [0.1, 0.15) is 12.5 Å². The third-order valence-corrected chi connectivity index (χ3v) is 7.97. The summed E-state index contributed by atoms with van der Waals surface area (Å²) < 4.78 is 73.5. The Morgan fingerprint density at radius 2 is 1.41 bits per heavy atom. The number of rotatable bonds is 4. The van der Waals surface area contributed by atoms with Crippen LogP contribution in [0.15, 0.2) is 57.2 Å². The van der Waals surface area contributed by atoms with Crippen LogP contribution >= 0.6 is 0 Å². The molecule has 1 atom stereocenters. The number of nitrogens with two attached hydrogens (primary N) is 2. The van der Waals surface area contributed by atoms with E-state index in [9.17, 15) is 25.3 Å². The highest BCUT2D eigenvalue weighted by atomic mass is 32.2. The number of benzene rings is 2. The fourth-order valence-corrected chi connectivity index (χ4v) is 5.98. The van der Waals surface area contributed by atoms with E-state index >= 15 is 0 Å². The van der Waals surface area contributed by atoms with E-state index in [2.05, 4.69) is 0 Å². The number of primary sulfonamides is 2. The molecule has 1 aliphatic heterocycles. The smallest absolute Gasteiger partial charge is 0.263 e. The maximum absolute atomic E-state index is 13.1. The van der Waals surface area contributed by atoms with E-state index in [1.807, 2.05) is 0 Å². The third kappa shape index (κ3) is 3.58. The molecule has 0 bridgehead atoms. The monoisotopic (exact) mass is 431 g/mol. The van der Waals surface area contributed by atoms with Gasteiger partial charge in [0.05, 0.1) is 20.4 Å². The predicted octanol–water partition coefficient (Wildman–Crippen LogP) is 0.121. The Bertz CT molecular complexity index is 1240. The highest BCUT2D eigenvalue weighted by molar-refractivity contribution is 7.93. The summed E-state index contributed by atoms with van der Waals surface area (Å²) in [5.74, 6) is 0. The SMILES string of the molecule is CC1Cc2cc(S(N)(=O)=O)ccc2N1S(=O)(=O)c1cccc(S(N)(=O)=O)c1. The van der Waals surface area contributed by atoms with Gasteiger partial charge in [0.2, 0.25) is 20.0 Å². The first-order valence-electron chi connectivity index (χ1n) is 7.65. The molecule has 9 nitrogen and oxygen atoms in total. The van der Waals surface area contributed by atoms with E-state index in [1.165, 1.54) is 36.4 Å². The van der Waals surface area contributed by atoms with Gasteiger partial charge in [0.1, 0.15) is 0 Å². The lowest BCUT2D eigenvalue weighted by Crippen LogP contribution is -2.35. The molecule has 0 spiro atoms. The Morgan fingerprint density at radius 3 is 2.00 bits per heavy atom. The van der Waals surface area contributed by atoms with Crippen LogP contribution in [0.2, 0.25) is 0 Å². The van der Waals surface area contributed by atoms with Crippen LogP contribution in [0.4, 0.5) is 5.69 Å². The van der Waals surface area contributed by atoms with Gasteiger partial charge in [0.25, 0.3) is 10.0 Å². The van der Waals surface area contributed by atoms with Crippen LogP contribution < -0.4 is 14.6 Å². The normalized spacial score (nSPS) is 17.7. The second kappa shape index (κ2) is 6.27. The molecule has 1 aliphatic rings. The van der Waals surface area contributed by atoms with Crippen molar-refractivity contribution in [3.05, 3.63) is 48.0 Å². The number of hydrogen-bond donors (Lipinski definition) is 2. The Kier molecular flexibility index (Phi) is 4.59. The topological polar surface area (TPSA) is 158 Å². The first-order chi connectivity index (χ1) is 12.3. The molecule has 0 radical (unpaired) electrons. The largest absolute Gasteiger partial charge is 0.264 e. The van der Waals surface area contributed by atoms with Crippen LogP contribution in [0.3, 0.4) is 0 Å². The van der Waals surface area contributed by atoms with Gasteiger partial charge in [0.15, 0.2) is 0 Å². The van der Waals surface area contributed by atoms with Crippen LogP contribution in [0, 0.1) is 0 Å². The van der Waals surface area contributed by atoms with Crippen molar-refractivity contribution >= 4 is 35.8 Å². The molecule has 2 aromatic rings. The third-order valence-electron chi connectivity index (χ3n) is 4.22. The average Bonchev–Trinajstić information content (AvgIpc) is 2.88. The summed E-state index contributed by atoms with van der Waals surface area (Å²) in [6, 6.07) is 8.21. The molecular formula is C15H17N3O6S3. The van der Waals surface area contributed by atoms with Crippen molar-refractivity contribution in [1.82, 2.24) is 0 Å². The lowest BCUT2D eigenvalue weighted by Gasteiger charge is -2.24. The summed E-state index contributed by atoms with van der Waals surface area (Å²) in [5.41, 5.74) is 0.830. The van der Waals surface area contributed by atoms with Crippen molar-refractivity contribution in [2.75, 3.05) is 4.31 Å². The highest BCUT2D eigenvalue weighted by Crippen LogP contribution is 2.38. The zero-order valence-corrected chi connectivity index (χ0v) is 16.6. The molecule has 0 saturated carbocycles. The maximum atomic E-state index is 13.1. The minimum absolute atomic E-state index is 0.107. The first-order valence-corrected chi connectivity index (χ1v) is 12.2. The molecule has 3 rings (SSSR count). The zero-order valence-electron chi connectivity index (χ0n) is 14.1. The number of anilines is 1. The summed E-state index contributed by atoms with van der Waals surface area (Å²) >= 11 is 0. The van der Waals surface area contributed by atoms with Gasteiger partial charge in [-0.2, -0.15) is 0 Å². The van der Waals surface area contributed by atoms with Crippen molar-refractivity contribution in [2.45, 2.75) is 34.1 Å². The molecule has 12 heteroatoms. The Morgan fingerprint density at radius 1 is 0.852 bits per heavy atom. The van der Waals surface area contributed by atoms with Crippen molar-refractivity contribution in [3.63, 3.8) is 0 Å². The summed E-state index contributed by atoms with van der Waals surface area (Å²) in [7, 11) is -12.1. The van der Waals surface area contributed by atoms with E-state index in [0.29, 0.717) is 11.3 Å². The van der Waals surface area contributed by atoms with Crippen molar-refractivity contribution in [2.24, 2.45) is 10.3 Å². The second-order valence-corrected chi connectivity index (χ2v) is 11.1. The maximum Gasteiger partial charge on any atom is 0.264 e. The van der Waals surface area contributed by atoms with Crippen molar-refractivity contribution in [3.8, 4) is 0 Å². The van der Waals surface area contributed by atoms with Gasteiger partial charge in [0, 0.05) is 6.04 Å². The molecular weight excluding hydrogens is 414 g/mol. The van der Waals surface area contributed by atoms with Crippen molar-refractivity contribution < 1.29 is 25.3 Å². The van der Waals surface area contributed by atoms with E-state index in [-0.39, 0.29) is 21.1 Å². The van der Waals surface area contributed by atoms with Crippen molar-refractivity contribution in [1.29, 1.82) is 0 Å². The Hall–Kier alpha value is -1.99. The molecule has 0 aromatic heterocycles. The molecule has 146 valence electrons.